The highest BCUT2D eigenvalue weighted by Gasteiger charge is 2.63. The quantitative estimate of drug-likeness (QED) is 0.493. The Morgan fingerprint density at radius 1 is 1.03 bits per heavy atom. The molecule has 6 rings (SSSR count). The highest BCUT2D eigenvalue weighted by atomic mass is 19.2. The maximum Gasteiger partial charge on any atom is 0.169 e. The van der Waals surface area contributed by atoms with E-state index in [1.165, 1.54) is 31.5 Å². The molecule has 4 aliphatic rings. The SMILES string of the molecule is C[C@H](CCc1ncc2c(F)c(F)ccc2n1)[C@H]1CC[C@H]2[C@@H]3CC[C@@H]4C[C@H](O)CC[C@]4(C)C3C[C@H](O)[C@]12C. The first-order valence-corrected chi connectivity index (χ1v) is 14.6. The van der Waals surface area contributed by atoms with Crippen molar-refractivity contribution in [3.63, 3.8) is 0 Å². The zero-order valence-electron chi connectivity index (χ0n) is 22.5. The van der Waals surface area contributed by atoms with Gasteiger partial charge < -0.3 is 10.2 Å². The van der Waals surface area contributed by atoms with E-state index in [0.29, 0.717) is 53.3 Å². The van der Waals surface area contributed by atoms with Crippen LogP contribution in [0.5, 0.6) is 0 Å². The number of aliphatic hydroxyl groups is 2. The lowest BCUT2D eigenvalue weighted by Crippen LogP contribution is -2.58. The molecule has 37 heavy (non-hydrogen) atoms. The third-order valence-corrected chi connectivity index (χ3v) is 12.0. The molecule has 202 valence electrons. The van der Waals surface area contributed by atoms with Crippen LogP contribution < -0.4 is 0 Å². The molecule has 1 aromatic heterocycles. The Morgan fingerprint density at radius 2 is 1.84 bits per heavy atom. The molecule has 2 N–H and O–H groups in total. The Bertz CT molecular complexity index is 1180. The van der Waals surface area contributed by atoms with Crippen LogP contribution in [0, 0.1) is 58.0 Å². The predicted molar refractivity (Wildman–Crippen MR) is 140 cm³/mol. The van der Waals surface area contributed by atoms with Crippen LogP contribution in [0.15, 0.2) is 18.3 Å². The summed E-state index contributed by atoms with van der Waals surface area (Å²) in [4.78, 5) is 8.85. The van der Waals surface area contributed by atoms with Crippen molar-refractivity contribution >= 4 is 10.9 Å². The fourth-order valence-corrected chi connectivity index (χ4v) is 9.92. The molecule has 0 bridgehead atoms. The zero-order valence-corrected chi connectivity index (χ0v) is 22.5. The maximum absolute atomic E-state index is 14.0. The standard InChI is InChI=1S/C31H42F2N2O2/c1-17(4-11-28-34-16-21-26(35-28)10-9-25(32)29(21)33)22-7-8-23-20-6-5-18-14-19(36)12-13-30(18,2)24(20)15-27(37)31(22,23)3/h9-10,16-20,22-24,27,36-37H,4-8,11-15H2,1-3H3/t17-,18-,19-,20+,22-,23+,24?,27+,30+,31-/m1/s1. The van der Waals surface area contributed by atoms with Crippen molar-refractivity contribution in [1.29, 1.82) is 0 Å². The monoisotopic (exact) mass is 512 g/mol. The Labute approximate surface area is 219 Å². The number of nitrogens with zero attached hydrogens (tertiary/aromatic N) is 2. The van der Waals surface area contributed by atoms with Crippen molar-refractivity contribution in [2.24, 2.45) is 46.3 Å². The van der Waals surface area contributed by atoms with Crippen molar-refractivity contribution < 1.29 is 19.0 Å². The Kier molecular flexibility index (Phi) is 6.38. The molecule has 0 spiro atoms. The molecular formula is C31H42F2N2O2. The summed E-state index contributed by atoms with van der Waals surface area (Å²) < 4.78 is 27.6. The van der Waals surface area contributed by atoms with Crippen molar-refractivity contribution in [2.45, 2.75) is 97.2 Å². The highest BCUT2D eigenvalue weighted by molar-refractivity contribution is 5.78. The van der Waals surface area contributed by atoms with Crippen molar-refractivity contribution in [1.82, 2.24) is 9.97 Å². The molecule has 0 aliphatic heterocycles. The summed E-state index contributed by atoms with van der Waals surface area (Å²) in [5, 5.41) is 22.2. The van der Waals surface area contributed by atoms with Crippen LogP contribution in [0.1, 0.15) is 84.4 Å². The Hall–Kier alpha value is -1.66. The minimum absolute atomic E-state index is 0.0666. The summed E-state index contributed by atoms with van der Waals surface area (Å²) in [6.07, 6.45) is 11.3. The van der Waals surface area contributed by atoms with E-state index < -0.39 is 11.6 Å². The molecule has 4 fully saturated rings. The molecule has 2 aromatic rings. The van der Waals surface area contributed by atoms with Gasteiger partial charge >= 0.3 is 0 Å². The summed E-state index contributed by atoms with van der Waals surface area (Å²) >= 11 is 0. The topological polar surface area (TPSA) is 66.2 Å². The van der Waals surface area contributed by atoms with E-state index in [1.807, 2.05) is 0 Å². The summed E-state index contributed by atoms with van der Waals surface area (Å²) in [7, 11) is 0. The van der Waals surface area contributed by atoms with Gasteiger partial charge in [-0.3, -0.25) is 0 Å². The molecular weight excluding hydrogens is 470 g/mol. The molecule has 1 heterocycles. The second-order valence-corrected chi connectivity index (χ2v) is 13.5. The highest BCUT2D eigenvalue weighted by Crippen LogP contribution is 2.68. The number of benzene rings is 1. The van der Waals surface area contributed by atoms with Gasteiger partial charge in [-0.2, -0.15) is 0 Å². The Balaban J connectivity index is 1.17. The minimum Gasteiger partial charge on any atom is -0.393 e. The fourth-order valence-electron chi connectivity index (χ4n) is 9.92. The predicted octanol–water partition coefficient (Wildman–Crippen LogP) is 6.47. The third-order valence-electron chi connectivity index (χ3n) is 12.0. The fraction of sp³-hybridized carbons (Fsp3) is 0.742. The minimum atomic E-state index is -0.890. The van der Waals surface area contributed by atoms with Gasteiger partial charge in [0.25, 0.3) is 0 Å². The van der Waals surface area contributed by atoms with E-state index in [9.17, 15) is 19.0 Å². The number of hydrogen-bond acceptors (Lipinski definition) is 4. The van der Waals surface area contributed by atoms with E-state index >= 15 is 0 Å². The molecule has 4 saturated carbocycles. The average molecular weight is 513 g/mol. The van der Waals surface area contributed by atoms with Crippen molar-refractivity contribution in [2.75, 3.05) is 0 Å². The van der Waals surface area contributed by atoms with Gasteiger partial charge in [0, 0.05) is 12.6 Å². The summed E-state index contributed by atoms with van der Waals surface area (Å²) in [6, 6.07) is 2.64. The number of halogens is 2. The lowest BCUT2D eigenvalue weighted by molar-refractivity contribution is -0.174. The van der Waals surface area contributed by atoms with Gasteiger partial charge in [0.15, 0.2) is 11.6 Å². The Morgan fingerprint density at radius 3 is 2.65 bits per heavy atom. The number of aliphatic hydroxyl groups excluding tert-OH is 2. The van der Waals surface area contributed by atoms with Crippen LogP contribution >= 0.6 is 0 Å². The van der Waals surface area contributed by atoms with Crippen LogP contribution in [-0.4, -0.2) is 32.4 Å². The van der Waals surface area contributed by atoms with Gasteiger partial charge in [-0.15, -0.1) is 0 Å². The van der Waals surface area contributed by atoms with Gasteiger partial charge in [0.05, 0.1) is 23.1 Å². The van der Waals surface area contributed by atoms with Gasteiger partial charge in [0.2, 0.25) is 0 Å². The van der Waals surface area contributed by atoms with Crippen LogP contribution in [0.4, 0.5) is 8.78 Å². The molecule has 4 aliphatic carbocycles. The maximum atomic E-state index is 14.0. The summed E-state index contributed by atoms with van der Waals surface area (Å²) in [5.41, 5.74) is 0.629. The van der Waals surface area contributed by atoms with E-state index in [1.54, 1.807) is 0 Å². The smallest absolute Gasteiger partial charge is 0.169 e. The van der Waals surface area contributed by atoms with Crippen molar-refractivity contribution in [3.8, 4) is 0 Å². The molecule has 1 unspecified atom stereocenters. The third kappa shape index (κ3) is 3.95. The van der Waals surface area contributed by atoms with Gasteiger partial charge in [0.1, 0.15) is 5.82 Å². The lowest BCUT2D eigenvalue weighted by atomic mass is 9.43. The molecule has 6 heteroatoms. The summed E-state index contributed by atoms with van der Waals surface area (Å²) in [5.74, 6) is 2.18. The first-order valence-electron chi connectivity index (χ1n) is 14.6. The van der Waals surface area contributed by atoms with Gasteiger partial charge in [-0.05, 0) is 116 Å². The normalized spacial score (nSPS) is 42.2. The first-order chi connectivity index (χ1) is 17.6. The molecule has 10 atom stereocenters. The second kappa shape index (κ2) is 9.22. The van der Waals surface area contributed by atoms with E-state index in [4.69, 9.17) is 0 Å². The van der Waals surface area contributed by atoms with E-state index in [2.05, 4.69) is 30.7 Å². The number of fused-ring (bicyclic) bond motifs is 6. The molecule has 0 radical (unpaired) electrons. The summed E-state index contributed by atoms with van der Waals surface area (Å²) in [6.45, 7) is 7.15. The molecule has 1 aromatic carbocycles. The molecule has 0 amide bonds. The van der Waals surface area contributed by atoms with Crippen LogP contribution in [-0.2, 0) is 6.42 Å². The van der Waals surface area contributed by atoms with Gasteiger partial charge in [-0.25, -0.2) is 18.7 Å². The number of rotatable bonds is 4. The molecule has 4 nitrogen and oxygen atoms in total. The van der Waals surface area contributed by atoms with Crippen LogP contribution in [0.25, 0.3) is 10.9 Å². The molecule has 0 saturated heterocycles. The largest absolute Gasteiger partial charge is 0.393 e. The zero-order chi connectivity index (χ0) is 26.1. The first kappa shape index (κ1) is 25.6. The van der Waals surface area contributed by atoms with Crippen molar-refractivity contribution in [3.05, 3.63) is 35.8 Å². The van der Waals surface area contributed by atoms with Crippen LogP contribution in [0.2, 0.25) is 0 Å². The van der Waals surface area contributed by atoms with E-state index in [0.717, 1.165) is 44.6 Å². The van der Waals surface area contributed by atoms with Gasteiger partial charge in [-0.1, -0.05) is 20.8 Å². The second-order valence-electron chi connectivity index (χ2n) is 13.5. The lowest BCUT2D eigenvalue weighted by Gasteiger charge is -2.62. The van der Waals surface area contributed by atoms with E-state index in [-0.39, 0.29) is 28.4 Å². The average Bonchev–Trinajstić information content (AvgIpc) is 3.25. The number of hydrogen-bond donors (Lipinski definition) is 2. The number of aromatic nitrogens is 2. The van der Waals surface area contributed by atoms with Crippen LogP contribution in [0.3, 0.4) is 0 Å². The number of aryl methyl sites for hydroxylation is 1.